The van der Waals surface area contributed by atoms with Crippen LogP contribution in [0.4, 0.5) is 4.79 Å². The van der Waals surface area contributed by atoms with Crippen molar-refractivity contribution < 1.29 is 9.53 Å². The molecule has 1 aliphatic rings. The van der Waals surface area contributed by atoms with Crippen molar-refractivity contribution in [2.24, 2.45) is 0 Å². The molecule has 1 fully saturated rings. The zero-order chi connectivity index (χ0) is 10.2. The van der Waals surface area contributed by atoms with Crippen LogP contribution < -0.4 is 10.6 Å². The van der Waals surface area contributed by atoms with Gasteiger partial charge >= 0.3 is 6.03 Å². The van der Waals surface area contributed by atoms with E-state index in [0.717, 1.165) is 31.7 Å². The Kier molecular flexibility index (Phi) is 5.78. The van der Waals surface area contributed by atoms with E-state index in [1.54, 1.807) is 11.8 Å². The van der Waals surface area contributed by atoms with Gasteiger partial charge in [0, 0.05) is 13.2 Å². The number of carbonyl (C=O) groups excluding carboxylic acids is 1. The van der Waals surface area contributed by atoms with Crippen LogP contribution in [-0.4, -0.2) is 43.8 Å². The third kappa shape index (κ3) is 4.72. The molecule has 1 rings (SSSR count). The van der Waals surface area contributed by atoms with Gasteiger partial charge in [0.05, 0.1) is 12.6 Å². The fourth-order valence-corrected chi connectivity index (χ4v) is 1.74. The molecule has 0 saturated carbocycles. The molecule has 1 aliphatic heterocycles. The summed E-state index contributed by atoms with van der Waals surface area (Å²) >= 11 is 1.79. The summed E-state index contributed by atoms with van der Waals surface area (Å²) in [6, 6.07) is 0.136. The van der Waals surface area contributed by atoms with E-state index < -0.39 is 0 Å². The summed E-state index contributed by atoms with van der Waals surface area (Å²) < 4.78 is 5.16. The summed E-state index contributed by atoms with van der Waals surface area (Å²) in [5.41, 5.74) is 0. The van der Waals surface area contributed by atoms with Crippen molar-refractivity contribution in [3.8, 4) is 0 Å². The minimum Gasteiger partial charge on any atom is -0.379 e. The fraction of sp³-hybridized carbons (Fsp3) is 0.889. The predicted octanol–water partition coefficient (Wildman–Crippen LogP) is 0.828. The summed E-state index contributed by atoms with van der Waals surface area (Å²) in [6.07, 6.45) is 4.02. The van der Waals surface area contributed by atoms with E-state index in [4.69, 9.17) is 4.74 Å². The number of amides is 2. The molecule has 82 valence electrons. The van der Waals surface area contributed by atoms with Crippen LogP contribution in [0.2, 0.25) is 0 Å². The zero-order valence-electron chi connectivity index (χ0n) is 8.54. The van der Waals surface area contributed by atoms with Crippen molar-refractivity contribution in [2.75, 3.05) is 31.8 Å². The molecule has 0 spiro atoms. The van der Waals surface area contributed by atoms with Crippen LogP contribution in [0.5, 0.6) is 0 Å². The highest BCUT2D eigenvalue weighted by Gasteiger charge is 2.16. The van der Waals surface area contributed by atoms with Crippen molar-refractivity contribution in [1.29, 1.82) is 0 Å². The molecule has 0 bridgehead atoms. The second-order valence-corrected chi connectivity index (χ2v) is 4.29. The first-order valence-corrected chi connectivity index (χ1v) is 6.33. The van der Waals surface area contributed by atoms with Gasteiger partial charge < -0.3 is 15.4 Å². The Bertz CT molecular complexity index is 172. The third-order valence-corrected chi connectivity index (χ3v) is 2.77. The van der Waals surface area contributed by atoms with Crippen LogP contribution in [0.3, 0.4) is 0 Å². The Hall–Kier alpha value is -0.420. The van der Waals surface area contributed by atoms with Crippen molar-refractivity contribution in [2.45, 2.75) is 18.9 Å². The number of nitrogens with one attached hydrogen (secondary N) is 2. The summed E-state index contributed by atoms with van der Waals surface area (Å²) in [7, 11) is 0. The molecule has 1 unspecified atom stereocenters. The molecule has 4 nitrogen and oxygen atoms in total. The van der Waals surface area contributed by atoms with Gasteiger partial charge in [0.1, 0.15) is 0 Å². The summed E-state index contributed by atoms with van der Waals surface area (Å²) in [6.45, 7) is 2.16. The number of hydrogen-bond donors (Lipinski definition) is 2. The lowest BCUT2D eigenvalue weighted by molar-refractivity contribution is 0.188. The van der Waals surface area contributed by atoms with E-state index >= 15 is 0 Å². The molecule has 5 heteroatoms. The molecule has 0 aromatic carbocycles. The quantitative estimate of drug-likeness (QED) is 0.672. The van der Waals surface area contributed by atoms with E-state index in [1.807, 2.05) is 0 Å². The second kappa shape index (κ2) is 6.95. The molecule has 1 atom stereocenters. The van der Waals surface area contributed by atoms with Crippen LogP contribution in [0, 0.1) is 0 Å². The van der Waals surface area contributed by atoms with Crippen LogP contribution in [0.15, 0.2) is 0 Å². The second-order valence-electron chi connectivity index (χ2n) is 3.31. The lowest BCUT2D eigenvalue weighted by Crippen LogP contribution is -2.42. The lowest BCUT2D eigenvalue weighted by Gasteiger charge is -2.11. The normalized spacial score (nSPS) is 20.8. The van der Waals surface area contributed by atoms with E-state index in [-0.39, 0.29) is 12.1 Å². The standard InChI is InChI=1S/C9H18N2O2S/c1-14-6-2-4-10-9(12)11-8-3-5-13-7-8/h8H,2-7H2,1H3,(H2,10,11,12). The van der Waals surface area contributed by atoms with Crippen molar-refractivity contribution in [3.63, 3.8) is 0 Å². The van der Waals surface area contributed by atoms with Crippen molar-refractivity contribution >= 4 is 17.8 Å². The largest absolute Gasteiger partial charge is 0.379 e. The number of urea groups is 1. The van der Waals surface area contributed by atoms with Gasteiger partial charge in [-0.15, -0.1) is 0 Å². The Morgan fingerprint density at radius 3 is 3.14 bits per heavy atom. The van der Waals surface area contributed by atoms with Gasteiger partial charge in [0.25, 0.3) is 0 Å². The Balaban J connectivity index is 1.98. The zero-order valence-corrected chi connectivity index (χ0v) is 9.36. The van der Waals surface area contributed by atoms with Gasteiger partial charge in [0.15, 0.2) is 0 Å². The first kappa shape index (κ1) is 11.7. The molecule has 1 heterocycles. The number of ether oxygens (including phenoxy) is 1. The Morgan fingerprint density at radius 1 is 1.64 bits per heavy atom. The molecule has 0 aromatic rings. The van der Waals surface area contributed by atoms with Gasteiger partial charge in [0.2, 0.25) is 0 Å². The number of hydrogen-bond acceptors (Lipinski definition) is 3. The Morgan fingerprint density at radius 2 is 2.50 bits per heavy atom. The van der Waals surface area contributed by atoms with Crippen LogP contribution >= 0.6 is 11.8 Å². The average Bonchev–Trinajstić information content (AvgIpc) is 2.65. The van der Waals surface area contributed by atoms with Crippen LogP contribution in [-0.2, 0) is 4.74 Å². The van der Waals surface area contributed by atoms with Gasteiger partial charge in [-0.1, -0.05) is 0 Å². The highest BCUT2D eigenvalue weighted by Crippen LogP contribution is 2.02. The maximum absolute atomic E-state index is 11.3. The average molecular weight is 218 g/mol. The highest BCUT2D eigenvalue weighted by molar-refractivity contribution is 7.98. The van der Waals surface area contributed by atoms with E-state index in [1.165, 1.54) is 0 Å². The summed E-state index contributed by atoms with van der Waals surface area (Å²) in [4.78, 5) is 11.3. The first-order valence-electron chi connectivity index (χ1n) is 4.94. The molecular formula is C9H18N2O2S. The van der Waals surface area contributed by atoms with Crippen molar-refractivity contribution in [1.82, 2.24) is 10.6 Å². The van der Waals surface area contributed by atoms with Gasteiger partial charge in [-0.05, 0) is 24.9 Å². The van der Waals surface area contributed by atoms with E-state index in [9.17, 15) is 4.79 Å². The third-order valence-electron chi connectivity index (χ3n) is 2.08. The van der Waals surface area contributed by atoms with Gasteiger partial charge in [-0.3, -0.25) is 0 Å². The van der Waals surface area contributed by atoms with Gasteiger partial charge in [-0.2, -0.15) is 11.8 Å². The molecular weight excluding hydrogens is 200 g/mol. The topological polar surface area (TPSA) is 50.4 Å². The molecule has 2 N–H and O–H groups in total. The van der Waals surface area contributed by atoms with Crippen LogP contribution in [0.25, 0.3) is 0 Å². The maximum Gasteiger partial charge on any atom is 0.315 e. The van der Waals surface area contributed by atoms with Crippen LogP contribution in [0.1, 0.15) is 12.8 Å². The number of carbonyl (C=O) groups is 1. The summed E-state index contributed by atoms with van der Waals surface area (Å²) in [5, 5.41) is 5.70. The van der Waals surface area contributed by atoms with Crippen molar-refractivity contribution in [3.05, 3.63) is 0 Å². The first-order chi connectivity index (χ1) is 6.83. The Labute approximate surface area is 89.2 Å². The molecule has 0 radical (unpaired) electrons. The van der Waals surface area contributed by atoms with E-state index in [0.29, 0.717) is 6.61 Å². The fourth-order valence-electron chi connectivity index (χ4n) is 1.30. The van der Waals surface area contributed by atoms with E-state index in [2.05, 4.69) is 16.9 Å². The molecule has 14 heavy (non-hydrogen) atoms. The monoisotopic (exact) mass is 218 g/mol. The molecule has 0 aliphatic carbocycles. The molecule has 1 saturated heterocycles. The highest BCUT2D eigenvalue weighted by atomic mass is 32.2. The number of rotatable bonds is 5. The van der Waals surface area contributed by atoms with Gasteiger partial charge in [-0.25, -0.2) is 4.79 Å². The SMILES string of the molecule is CSCCCNC(=O)NC1CCOC1. The summed E-state index contributed by atoms with van der Waals surface area (Å²) in [5.74, 6) is 1.09. The predicted molar refractivity (Wildman–Crippen MR) is 58.8 cm³/mol. The maximum atomic E-state index is 11.3. The number of thioether (sulfide) groups is 1. The lowest BCUT2D eigenvalue weighted by atomic mass is 10.3. The minimum atomic E-state index is -0.0680. The molecule has 0 aromatic heterocycles. The molecule has 2 amide bonds. The smallest absolute Gasteiger partial charge is 0.315 e. The minimum absolute atomic E-state index is 0.0680.